The van der Waals surface area contributed by atoms with Crippen molar-refractivity contribution in [2.24, 2.45) is 4.40 Å². The van der Waals surface area contributed by atoms with Crippen LogP contribution in [0.2, 0.25) is 0 Å². The number of hydrogen-bond donors (Lipinski definition) is 1. The van der Waals surface area contributed by atoms with Gasteiger partial charge in [-0.05, 0) is 18.4 Å². The summed E-state index contributed by atoms with van der Waals surface area (Å²) in [4.78, 5) is 11.3. The number of amidine groups is 1. The van der Waals surface area contributed by atoms with Crippen molar-refractivity contribution < 1.29 is 13.2 Å². The Labute approximate surface area is 97.0 Å². The molecule has 1 aromatic carbocycles. The molecule has 0 fully saturated rings. The van der Waals surface area contributed by atoms with Crippen molar-refractivity contribution >= 4 is 32.9 Å². The second kappa shape index (κ2) is 3.91. The number of carbonyl (C=O) groups is 1. The fraction of sp³-hybridized carbons (Fsp3) is 0.111. The number of rotatable bonds is 0. The van der Waals surface area contributed by atoms with E-state index in [1.165, 1.54) is 6.07 Å². The maximum Gasteiger partial charge on any atom is 0.285 e. The van der Waals surface area contributed by atoms with E-state index in [4.69, 9.17) is 0 Å². The maximum atomic E-state index is 11.6. The van der Waals surface area contributed by atoms with Gasteiger partial charge in [0.25, 0.3) is 15.3 Å². The summed E-state index contributed by atoms with van der Waals surface area (Å²) < 4.78 is 26.7. The van der Waals surface area contributed by atoms with Crippen LogP contribution in [0.4, 0.5) is 4.79 Å². The average molecular weight is 256 g/mol. The Morgan fingerprint density at radius 3 is 2.75 bits per heavy atom. The number of amides is 1. The summed E-state index contributed by atoms with van der Waals surface area (Å²) in [5, 5.41) is 2.09. The van der Waals surface area contributed by atoms with Crippen molar-refractivity contribution in [3.63, 3.8) is 0 Å². The third-order valence-electron chi connectivity index (χ3n) is 2.04. The normalized spacial score (nSPS) is 16.4. The lowest BCUT2D eigenvalue weighted by molar-refractivity contribution is 0.264. The summed E-state index contributed by atoms with van der Waals surface area (Å²) in [7, 11) is -3.64. The van der Waals surface area contributed by atoms with E-state index in [2.05, 4.69) is 9.71 Å². The fourth-order valence-corrected chi connectivity index (χ4v) is 2.72. The topological polar surface area (TPSA) is 75.6 Å². The van der Waals surface area contributed by atoms with Crippen LogP contribution >= 0.6 is 11.8 Å². The first-order valence-corrected chi connectivity index (χ1v) is 7.00. The quantitative estimate of drug-likeness (QED) is 0.757. The van der Waals surface area contributed by atoms with Crippen LogP contribution in [0, 0.1) is 0 Å². The molecular formula is C9H8N2O3S2. The maximum absolute atomic E-state index is 11.6. The molecule has 7 heteroatoms. The van der Waals surface area contributed by atoms with Crippen molar-refractivity contribution in [2.45, 2.75) is 4.90 Å². The number of benzene rings is 1. The summed E-state index contributed by atoms with van der Waals surface area (Å²) in [6, 6.07) is 6.39. The van der Waals surface area contributed by atoms with E-state index in [1.54, 1.807) is 24.5 Å². The highest BCUT2D eigenvalue weighted by Crippen LogP contribution is 2.24. The van der Waals surface area contributed by atoms with Gasteiger partial charge in [-0.25, -0.2) is 0 Å². The third-order valence-corrected chi connectivity index (χ3v) is 3.85. The zero-order chi connectivity index (χ0) is 11.8. The van der Waals surface area contributed by atoms with E-state index >= 15 is 0 Å². The molecule has 1 N–H and O–H groups in total. The number of nitrogens with one attached hydrogen (secondary N) is 1. The summed E-state index contributed by atoms with van der Waals surface area (Å²) in [6.07, 6.45) is 1.60. The first-order chi connectivity index (χ1) is 7.54. The van der Waals surface area contributed by atoms with Crippen LogP contribution in [0.25, 0.3) is 0 Å². The molecule has 0 aliphatic carbocycles. The molecule has 1 heterocycles. The molecule has 1 aliphatic heterocycles. The molecule has 0 atom stereocenters. The lowest BCUT2D eigenvalue weighted by Gasteiger charge is -2.01. The van der Waals surface area contributed by atoms with Crippen LogP contribution < -0.4 is 5.32 Å². The number of sulfonamides is 1. The number of hydrogen-bond acceptors (Lipinski definition) is 4. The second-order valence-corrected chi connectivity index (χ2v) is 5.38. The van der Waals surface area contributed by atoms with Crippen molar-refractivity contribution in [1.29, 1.82) is 0 Å². The van der Waals surface area contributed by atoms with E-state index in [9.17, 15) is 13.2 Å². The molecular weight excluding hydrogens is 248 g/mol. The molecule has 5 nitrogen and oxygen atoms in total. The Morgan fingerprint density at radius 2 is 2.06 bits per heavy atom. The molecule has 0 saturated carbocycles. The van der Waals surface area contributed by atoms with Gasteiger partial charge in [0.2, 0.25) is 0 Å². The van der Waals surface area contributed by atoms with E-state index < -0.39 is 10.0 Å². The Balaban J connectivity index is 2.47. The van der Waals surface area contributed by atoms with Gasteiger partial charge in [0, 0.05) is 5.56 Å². The molecule has 0 unspecified atom stereocenters. The molecule has 2 rings (SSSR count). The Kier molecular flexibility index (Phi) is 2.73. The highest BCUT2D eigenvalue weighted by Gasteiger charge is 2.28. The van der Waals surface area contributed by atoms with Gasteiger partial charge in [0.1, 0.15) is 4.90 Å². The minimum atomic E-state index is -3.64. The Hall–Kier alpha value is -1.34. The molecule has 1 aliphatic rings. The summed E-state index contributed by atoms with van der Waals surface area (Å²) in [6.45, 7) is 0. The van der Waals surface area contributed by atoms with E-state index in [-0.39, 0.29) is 16.0 Å². The predicted molar refractivity (Wildman–Crippen MR) is 62.2 cm³/mol. The highest BCUT2D eigenvalue weighted by atomic mass is 32.2. The second-order valence-electron chi connectivity index (χ2n) is 3.03. The van der Waals surface area contributed by atoms with Gasteiger partial charge in [-0.2, -0.15) is 8.42 Å². The first-order valence-electron chi connectivity index (χ1n) is 4.34. The van der Waals surface area contributed by atoms with Crippen LogP contribution in [0.5, 0.6) is 0 Å². The zero-order valence-corrected chi connectivity index (χ0v) is 9.93. The van der Waals surface area contributed by atoms with Gasteiger partial charge in [-0.1, -0.05) is 23.9 Å². The molecule has 0 spiro atoms. The summed E-state index contributed by atoms with van der Waals surface area (Å²) in [5.74, 6) is 0.0925. The molecule has 0 radical (unpaired) electrons. The van der Waals surface area contributed by atoms with Crippen LogP contribution in [0.15, 0.2) is 33.6 Å². The average Bonchev–Trinajstić information content (AvgIpc) is 2.51. The fourth-order valence-electron chi connectivity index (χ4n) is 1.34. The molecule has 16 heavy (non-hydrogen) atoms. The SMILES string of the molecule is CSC(=O)NC1=NS(=O)(=O)c2ccccc21. The van der Waals surface area contributed by atoms with Crippen molar-refractivity contribution in [1.82, 2.24) is 5.32 Å². The first kappa shape index (κ1) is 11.2. The lowest BCUT2D eigenvalue weighted by atomic mass is 10.2. The van der Waals surface area contributed by atoms with Crippen molar-refractivity contribution in [3.05, 3.63) is 29.8 Å². The monoisotopic (exact) mass is 256 g/mol. The number of fused-ring (bicyclic) bond motifs is 1. The summed E-state index contributed by atoms with van der Waals surface area (Å²) >= 11 is 0.961. The van der Waals surface area contributed by atoms with Crippen molar-refractivity contribution in [2.75, 3.05) is 6.26 Å². The predicted octanol–water partition coefficient (Wildman–Crippen LogP) is 1.21. The van der Waals surface area contributed by atoms with Crippen LogP contribution in [-0.4, -0.2) is 25.7 Å². The number of thioether (sulfide) groups is 1. The van der Waals surface area contributed by atoms with Gasteiger partial charge in [-0.15, -0.1) is 4.40 Å². The molecule has 0 bridgehead atoms. The van der Waals surface area contributed by atoms with E-state index in [0.717, 1.165) is 11.8 Å². The van der Waals surface area contributed by atoms with Gasteiger partial charge in [0.15, 0.2) is 5.84 Å². The van der Waals surface area contributed by atoms with Gasteiger partial charge >= 0.3 is 0 Å². The third kappa shape index (κ3) is 1.83. The minimum absolute atomic E-state index is 0.0925. The highest BCUT2D eigenvalue weighted by molar-refractivity contribution is 8.13. The molecule has 1 aromatic rings. The van der Waals surface area contributed by atoms with Crippen LogP contribution in [-0.2, 0) is 10.0 Å². The van der Waals surface area contributed by atoms with Crippen molar-refractivity contribution in [3.8, 4) is 0 Å². The molecule has 0 saturated heterocycles. The van der Waals surface area contributed by atoms with Crippen LogP contribution in [0.1, 0.15) is 5.56 Å². The molecule has 0 aromatic heterocycles. The van der Waals surface area contributed by atoms with E-state index in [0.29, 0.717) is 5.56 Å². The number of nitrogens with zero attached hydrogens (tertiary/aromatic N) is 1. The molecule has 1 amide bonds. The molecule has 84 valence electrons. The van der Waals surface area contributed by atoms with E-state index in [1.807, 2.05) is 0 Å². The Bertz CT molecular complexity index is 578. The smallest absolute Gasteiger partial charge is 0.285 e. The zero-order valence-electron chi connectivity index (χ0n) is 8.30. The standard InChI is InChI=1S/C9H8N2O3S2/c1-15-9(12)10-8-6-4-2-3-5-7(6)16(13,14)11-8/h2-5H,1H3,(H,10,11,12). The summed E-state index contributed by atoms with van der Waals surface area (Å²) in [5.41, 5.74) is 0.435. The van der Waals surface area contributed by atoms with Gasteiger partial charge in [-0.3, -0.25) is 4.79 Å². The van der Waals surface area contributed by atoms with Gasteiger partial charge in [0.05, 0.1) is 0 Å². The minimum Gasteiger partial charge on any atom is -0.300 e. The lowest BCUT2D eigenvalue weighted by Crippen LogP contribution is -2.26. The largest absolute Gasteiger partial charge is 0.300 e. The van der Waals surface area contributed by atoms with Crippen LogP contribution in [0.3, 0.4) is 0 Å². The Morgan fingerprint density at radius 1 is 1.38 bits per heavy atom. The number of carbonyl (C=O) groups excluding carboxylic acids is 1. The van der Waals surface area contributed by atoms with Gasteiger partial charge < -0.3 is 5.32 Å².